The Balaban J connectivity index is 1.48. The Morgan fingerprint density at radius 3 is 2.46 bits per heavy atom. The topological polar surface area (TPSA) is 98.1 Å². The van der Waals surface area contributed by atoms with E-state index in [1.807, 2.05) is 0 Å². The summed E-state index contributed by atoms with van der Waals surface area (Å²) in [5.41, 5.74) is 7.55. The number of nitrogens with zero attached hydrogens (tertiary/aromatic N) is 1. The number of nitrogens with one attached hydrogen (secondary N) is 1. The molecule has 2 aromatic rings. The first-order valence-electron chi connectivity index (χ1n) is 10.0. The van der Waals surface area contributed by atoms with Crippen molar-refractivity contribution in [1.82, 2.24) is 9.97 Å². The normalized spacial score (nSPS) is 33.0. The summed E-state index contributed by atoms with van der Waals surface area (Å²) >= 11 is 0. The smallest absolute Gasteiger partial charge is 0.318 e. The maximum Gasteiger partial charge on any atom is 0.318 e. The fourth-order valence-corrected chi connectivity index (χ4v) is 6.48. The van der Waals surface area contributed by atoms with Crippen LogP contribution in [0.5, 0.6) is 5.88 Å². The number of aromatic amines is 1. The Bertz CT molecular complexity index is 932. The molecule has 1 heterocycles. The van der Waals surface area contributed by atoms with E-state index in [0.717, 1.165) is 32.1 Å². The number of amides is 1. The van der Waals surface area contributed by atoms with Crippen molar-refractivity contribution in [2.24, 2.45) is 23.0 Å². The van der Waals surface area contributed by atoms with Gasteiger partial charge in [0.05, 0.1) is 11.7 Å². The van der Waals surface area contributed by atoms with Crippen LogP contribution in [0.1, 0.15) is 60.1 Å². The predicted octanol–water partition coefficient (Wildman–Crippen LogP) is 3.26. The van der Waals surface area contributed by atoms with Crippen LogP contribution < -0.4 is 10.5 Å². The van der Waals surface area contributed by atoms with Crippen LogP contribution in [0.3, 0.4) is 0 Å². The van der Waals surface area contributed by atoms with Gasteiger partial charge in [0.15, 0.2) is 5.69 Å². The molecule has 6 rings (SSSR count). The summed E-state index contributed by atoms with van der Waals surface area (Å²) in [6, 6.07) is 8.81. The van der Waals surface area contributed by atoms with Gasteiger partial charge in [-0.3, -0.25) is 9.59 Å². The van der Waals surface area contributed by atoms with E-state index in [4.69, 9.17) is 10.5 Å². The molecular formula is C22H25N3O3. The molecule has 4 aliphatic carbocycles. The van der Waals surface area contributed by atoms with Crippen LogP contribution in [-0.4, -0.2) is 21.8 Å². The maximum atomic E-state index is 13.3. The molecule has 1 aromatic heterocycles. The molecular weight excluding hydrogens is 354 g/mol. The van der Waals surface area contributed by atoms with Crippen LogP contribution in [0.4, 0.5) is 0 Å². The van der Waals surface area contributed by atoms with E-state index >= 15 is 0 Å². The average Bonchev–Trinajstić information content (AvgIpc) is 3.09. The van der Waals surface area contributed by atoms with Crippen LogP contribution in [0.15, 0.2) is 30.6 Å². The number of H-pyrrole nitrogens is 1. The molecule has 146 valence electrons. The van der Waals surface area contributed by atoms with Crippen molar-refractivity contribution in [3.8, 4) is 5.88 Å². The molecule has 0 spiro atoms. The van der Waals surface area contributed by atoms with Gasteiger partial charge < -0.3 is 15.5 Å². The summed E-state index contributed by atoms with van der Waals surface area (Å²) in [4.78, 5) is 31.5. The first-order chi connectivity index (χ1) is 13.4. The van der Waals surface area contributed by atoms with Gasteiger partial charge in [-0.25, -0.2) is 4.98 Å². The van der Waals surface area contributed by atoms with Gasteiger partial charge in [-0.05, 0) is 68.3 Å². The first kappa shape index (κ1) is 17.5. The van der Waals surface area contributed by atoms with E-state index in [2.05, 4.69) is 41.2 Å². The number of ether oxygens (including phenoxy) is 1. The molecule has 4 saturated carbocycles. The lowest BCUT2D eigenvalue weighted by Gasteiger charge is -2.61. The number of primary amides is 1. The molecule has 4 bridgehead atoms. The number of esters is 1. The molecule has 4 aliphatic rings. The van der Waals surface area contributed by atoms with Gasteiger partial charge in [-0.15, -0.1) is 0 Å². The Hall–Kier alpha value is -2.63. The maximum absolute atomic E-state index is 13.3. The average molecular weight is 379 g/mol. The summed E-state index contributed by atoms with van der Waals surface area (Å²) in [7, 11) is 0. The van der Waals surface area contributed by atoms with Gasteiger partial charge in [0.2, 0.25) is 0 Å². The molecule has 6 nitrogen and oxygen atoms in total. The molecule has 0 radical (unpaired) electrons. The summed E-state index contributed by atoms with van der Waals surface area (Å²) in [6.45, 7) is 2.10. The first-order valence-corrected chi connectivity index (χ1v) is 10.0. The third kappa shape index (κ3) is 2.58. The van der Waals surface area contributed by atoms with E-state index in [1.54, 1.807) is 0 Å². The van der Waals surface area contributed by atoms with Gasteiger partial charge in [0.1, 0.15) is 0 Å². The van der Waals surface area contributed by atoms with Crippen molar-refractivity contribution < 1.29 is 14.3 Å². The quantitative estimate of drug-likeness (QED) is 0.797. The van der Waals surface area contributed by atoms with Gasteiger partial charge in [0, 0.05) is 0 Å². The largest absolute Gasteiger partial charge is 0.404 e. The van der Waals surface area contributed by atoms with Crippen LogP contribution in [0.2, 0.25) is 0 Å². The minimum absolute atomic E-state index is 0.00219. The number of carbonyl (C=O) groups is 2. The zero-order valence-corrected chi connectivity index (χ0v) is 16.0. The van der Waals surface area contributed by atoms with Crippen LogP contribution in [0.25, 0.3) is 0 Å². The van der Waals surface area contributed by atoms with Crippen molar-refractivity contribution in [3.63, 3.8) is 0 Å². The Morgan fingerprint density at radius 1 is 1.14 bits per heavy atom. The molecule has 1 aromatic carbocycles. The highest BCUT2D eigenvalue weighted by Gasteiger charge is 2.61. The van der Waals surface area contributed by atoms with E-state index in [9.17, 15) is 9.59 Å². The third-order valence-corrected chi connectivity index (χ3v) is 7.20. The third-order valence-electron chi connectivity index (χ3n) is 7.20. The Labute approximate surface area is 163 Å². The second-order valence-electron chi connectivity index (χ2n) is 9.22. The minimum atomic E-state index is -0.679. The molecule has 0 saturated heterocycles. The second-order valence-corrected chi connectivity index (χ2v) is 9.22. The number of nitrogens with two attached hydrogens (primary N) is 1. The van der Waals surface area contributed by atoms with Crippen molar-refractivity contribution >= 4 is 11.9 Å². The molecule has 4 fully saturated rings. The number of aromatic nitrogens is 2. The van der Waals surface area contributed by atoms with Crippen molar-refractivity contribution in [1.29, 1.82) is 0 Å². The number of hydrogen-bond acceptors (Lipinski definition) is 4. The lowest BCUT2D eigenvalue weighted by atomic mass is 9.43. The summed E-state index contributed by atoms with van der Waals surface area (Å²) in [5.74, 6) is 0.155. The Morgan fingerprint density at radius 2 is 1.82 bits per heavy atom. The van der Waals surface area contributed by atoms with Gasteiger partial charge >= 0.3 is 5.97 Å². The van der Waals surface area contributed by atoms with Crippen LogP contribution >= 0.6 is 0 Å². The van der Waals surface area contributed by atoms with Crippen molar-refractivity contribution in [3.05, 3.63) is 47.4 Å². The van der Waals surface area contributed by atoms with Gasteiger partial charge in [0.25, 0.3) is 11.8 Å². The summed E-state index contributed by atoms with van der Waals surface area (Å²) in [5, 5.41) is 0. The predicted molar refractivity (Wildman–Crippen MR) is 103 cm³/mol. The molecule has 28 heavy (non-hydrogen) atoms. The van der Waals surface area contributed by atoms with Gasteiger partial charge in [-0.1, -0.05) is 29.8 Å². The fourth-order valence-electron chi connectivity index (χ4n) is 6.48. The zero-order valence-electron chi connectivity index (χ0n) is 16.0. The second kappa shape index (κ2) is 5.93. The molecule has 1 amide bonds. The highest BCUT2D eigenvalue weighted by molar-refractivity contribution is 5.94. The number of hydrogen-bond donors (Lipinski definition) is 2. The molecule has 0 aliphatic heterocycles. The van der Waals surface area contributed by atoms with E-state index in [-0.39, 0.29) is 23.0 Å². The number of carbonyl (C=O) groups excluding carboxylic acids is 2. The van der Waals surface area contributed by atoms with Gasteiger partial charge in [-0.2, -0.15) is 0 Å². The minimum Gasteiger partial charge on any atom is -0.404 e. The number of aryl methyl sites for hydroxylation is 1. The van der Waals surface area contributed by atoms with E-state index in [1.165, 1.54) is 23.9 Å². The number of benzene rings is 1. The van der Waals surface area contributed by atoms with Crippen molar-refractivity contribution in [2.75, 3.05) is 0 Å². The molecule has 2 atom stereocenters. The highest BCUT2D eigenvalue weighted by atomic mass is 16.5. The molecule has 3 N–H and O–H groups in total. The van der Waals surface area contributed by atoms with Crippen molar-refractivity contribution in [2.45, 2.75) is 50.9 Å². The Kier molecular flexibility index (Phi) is 3.70. The highest BCUT2D eigenvalue weighted by Crippen LogP contribution is 2.66. The SMILES string of the molecule is Cc1ccc(C23CC4CC(CC(C(=O)Oc5nc[nH]c5C(N)=O)(C4)C2)C3)cc1. The molecule has 2 unspecified atom stereocenters. The number of rotatable bonds is 4. The van der Waals surface area contributed by atoms with E-state index in [0.29, 0.717) is 11.8 Å². The number of imidazole rings is 1. The summed E-state index contributed by atoms with van der Waals surface area (Å²) < 4.78 is 5.65. The fraction of sp³-hybridized carbons (Fsp3) is 0.500. The van der Waals surface area contributed by atoms with Crippen LogP contribution in [0, 0.1) is 24.2 Å². The standard InChI is InChI=1S/C22H25N3O3/c1-13-2-4-16(5-3-13)21-7-14-6-15(8-21)10-22(9-14,11-21)20(27)28-19-17(18(23)26)24-12-25-19/h2-5,12,14-15H,6-11H2,1H3,(H2,23,26)(H,24,25). The zero-order chi connectivity index (χ0) is 19.5. The lowest BCUT2D eigenvalue weighted by Crippen LogP contribution is -2.57. The lowest BCUT2D eigenvalue weighted by molar-refractivity contribution is -0.164. The summed E-state index contributed by atoms with van der Waals surface area (Å²) in [6.07, 6.45) is 7.38. The van der Waals surface area contributed by atoms with Crippen LogP contribution in [-0.2, 0) is 10.2 Å². The van der Waals surface area contributed by atoms with E-state index < -0.39 is 11.3 Å². The molecule has 6 heteroatoms. The monoisotopic (exact) mass is 379 g/mol.